The van der Waals surface area contributed by atoms with Crippen molar-refractivity contribution in [3.05, 3.63) is 28.2 Å². The first-order valence-electron chi connectivity index (χ1n) is 4.46. The molecule has 0 aliphatic carbocycles. The van der Waals surface area contributed by atoms with Crippen LogP contribution in [0.4, 0.5) is 5.69 Å². The molecular formula is C9H10Cl3NO2S. The first-order valence-corrected chi connectivity index (χ1v) is 7.40. The van der Waals surface area contributed by atoms with Crippen LogP contribution in [0.2, 0.25) is 10.0 Å². The summed E-state index contributed by atoms with van der Waals surface area (Å²) < 4.78 is 25.5. The van der Waals surface area contributed by atoms with Crippen LogP contribution in [0.3, 0.4) is 0 Å². The van der Waals surface area contributed by atoms with Gasteiger partial charge in [-0.25, -0.2) is 8.42 Å². The monoisotopic (exact) mass is 301 g/mol. The van der Waals surface area contributed by atoms with Crippen molar-refractivity contribution in [1.29, 1.82) is 0 Å². The largest absolute Gasteiger partial charge is 0.282 e. The van der Waals surface area contributed by atoms with Crippen molar-refractivity contribution in [3.8, 4) is 0 Å². The van der Waals surface area contributed by atoms with E-state index in [0.717, 1.165) is 0 Å². The average molecular weight is 303 g/mol. The van der Waals surface area contributed by atoms with Gasteiger partial charge in [0.1, 0.15) is 0 Å². The molecule has 7 heteroatoms. The van der Waals surface area contributed by atoms with E-state index in [4.69, 9.17) is 34.8 Å². The molecule has 0 saturated heterocycles. The summed E-state index contributed by atoms with van der Waals surface area (Å²) >= 11 is 17.0. The molecule has 0 saturated carbocycles. The molecule has 0 aliphatic heterocycles. The summed E-state index contributed by atoms with van der Waals surface area (Å²) in [5.74, 6) is 0.254. The molecule has 0 fully saturated rings. The van der Waals surface area contributed by atoms with Crippen molar-refractivity contribution in [2.75, 3.05) is 16.4 Å². The molecule has 1 rings (SSSR count). The Kier molecular flexibility index (Phi) is 5.18. The Hall–Kier alpha value is -0.160. The fraction of sp³-hybridized carbons (Fsp3) is 0.333. The van der Waals surface area contributed by atoms with Gasteiger partial charge >= 0.3 is 0 Å². The lowest BCUT2D eigenvalue weighted by molar-refractivity contribution is 0.600. The topological polar surface area (TPSA) is 46.2 Å². The fourth-order valence-corrected chi connectivity index (χ4v) is 2.85. The van der Waals surface area contributed by atoms with E-state index in [1.807, 2.05) is 0 Å². The highest BCUT2D eigenvalue weighted by atomic mass is 35.5. The highest BCUT2D eigenvalue weighted by Gasteiger charge is 2.12. The van der Waals surface area contributed by atoms with Gasteiger partial charge in [-0.05, 0) is 24.6 Å². The van der Waals surface area contributed by atoms with Crippen molar-refractivity contribution in [3.63, 3.8) is 0 Å². The molecule has 0 atom stereocenters. The van der Waals surface area contributed by atoms with Crippen LogP contribution in [0.25, 0.3) is 0 Å². The summed E-state index contributed by atoms with van der Waals surface area (Å²) in [6.07, 6.45) is 0.384. The highest BCUT2D eigenvalue weighted by Crippen LogP contribution is 2.26. The Morgan fingerprint density at radius 3 is 2.56 bits per heavy atom. The molecule has 1 aromatic carbocycles. The lowest BCUT2D eigenvalue weighted by Crippen LogP contribution is -2.17. The molecule has 0 spiro atoms. The molecule has 0 unspecified atom stereocenters. The quantitative estimate of drug-likeness (QED) is 0.848. The van der Waals surface area contributed by atoms with Gasteiger partial charge in [0, 0.05) is 10.9 Å². The van der Waals surface area contributed by atoms with Gasteiger partial charge in [-0.1, -0.05) is 23.2 Å². The maximum Gasteiger partial charge on any atom is 0.232 e. The predicted octanol–water partition coefficient (Wildman–Crippen LogP) is 3.36. The predicted molar refractivity (Wildman–Crippen MR) is 69.2 cm³/mol. The third kappa shape index (κ3) is 4.37. The third-order valence-corrected chi connectivity index (χ3v) is 3.93. The van der Waals surface area contributed by atoms with Crippen LogP contribution in [-0.4, -0.2) is 20.1 Å². The van der Waals surface area contributed by atoms with Gasteiger partial charge < -0.3 is 0 Å². The summed E-state index contributed by atoms with van der Waals surface area (Å²) in [6.45, 7) is 0. The van der Waals surface area contributed by atoms with E-state index in [1.54, 1.807) is 6.07 Å². The van der Waals surface area contributed by atoms with Gasteiger partial charge in [0.05, 0.1) is 16.5 Å². The number of sulfonamides is 1. The Balaban J connectivity index is 2.83. The van der Waals surface area contributed by atoms with Crippen molar-refractivity contribution >= 4 is 50.5 Å². The Labute approximate surface area is 110 Å². The van der Waals surface area contributed by atoms with E-state index in [9.17, 15) is 8.42 Å². The summed E-state index contributed by atoms with van der Waals surface area (Å²) in [7, 11) is -3.41. The zero-order valence-corrected chi connectivity index (χ0v) is 11.3. The summed E-state index contributed by atoms with van der Waals surface area (Å²) in [5.41, 5.74) is 0.281. The van der Waals surface area contributed by atoms with Gasteiger partial charge in [0.25, 0.3) is 0 Å². The van der Waals surface area contributed by atoms with E-state index in [-0.39, 0.29) is 11.4 Å². The molecule has 90 valence electrons. The van der Waals surface area contributed by atoms with Gasteiger partial charge in [0.2, 0.25) is 10.0 Å². The second-order valence-corrected chi connectivity index (χ2v) is 6.15. The average Bonchev–Trinajstić information content (AvgIpc) is 2.20. The second-order valence-electron chi connectivity index (χ2n) is 3.09. The number of hydrogen-bond donors (Lipinski definition) is 1. The summed E-state index contributed by atoms with van der Waals surface area (Å²) in [5, 5.41) is 0.721. The molecule has 3 nitrogen and oxygen atoms in total. The first kappa shape index (κ1) is 13.9. The zero-order valence-electron chi connectivity index (χ0n) is 8.21. The second kappa shape index (κ2) is 5.96. The molecular weight excluding hydrogens is 293 g/mol. The van der Waals surface area contributed by atoms with E-state index < -0.39 is 10.0 Å². The SMILES string of the molecule is O=S(=O)(CCCCl)Nc1cc(Cl)ccc1Cl. The highest BCUT2D eigenvalue weighted by molar-refractivity contribution is 7.92. The molecule has 0 aliphatic rings. The maximum absolute atomic E-state index is 11.6. The molecule has 1 N–H and O–H groups in total. The zero-order chi connectivity index (χ0) is 12.2. The van der Waals surface area contributed by atoms with Crippen LogP contribution < -0.4 is 4.72 Å². The molecule has 0 heterocycles. The molecule has 1 aromatic rings. The van der Waals surface area contributed by atoms with Crippen molar-refractivity contribution in [1.82, 2.24) is 0 Å². The number of nitrogens with one attached hydrogen (secondary N) is 1. The van der Waals surface area contributed by atoms with Gasteiger partial charge in [-0.3, -0.25) is 4.72 Å². The fourth-order valence-electron chi connectivity index (χ4n) is 1.04. The van der Waals surface area contributed by atoms with E-state index in [1.165, 1.54) is 12.1 Å². The van der Waals surface area contributed by atoms with Crippen LogP contribution in [0.1, 0.15) is 6.42 Å². The number of alkyl halides is 1. The van der Waals surface area contributed by atoms with E-state index in [2.05, 4.69) is 4.72 Å². The van der Waals surface area contributed by atoms with Crippen LogP contribution >= 0.6 is 34.8 Å². The lowest BCUT2D eigenvalue weighted by atomic mass is 10.3. The van der Waals surface area contributed by atoms with Gasteiger partial charge in [-0.15, -0.1) is 11.6 Å². The van der Waals surface area contributed by atoms with Gasteiger partial charge in [0.15, 0.2) is 0 Å². The van der Waals surface area contributed by atoms with Crippen molar-refractivity contribution in [2.24, 2.45) is 0 Å². The Bertz CT molecular complexity index is 462. The molecule has 0 amide bonds. The molecule has 0 bridgehead atoms. The Morgan fingerprint density at radius 1 is 1.25 bits per heavy atom. The Morgan fingerprint density at radius 2 is 1.94 bits per heavy atom. The third-order valence-electron chi connectivity index (χ3n) is 1.74. The maximum atomic E-state index is 11.6. The summed E-state index contributed by atoms with van der Waals surface area (Å²) in [4.78, 5) is 0. The van der Waals surface area contributed by atoms with E-state index >= 15 is 0 Å². The molecule has 0 radical (unpaired) electrons. The minimum Gasteiger partial charge on any atom is -0.282 e. The van der Waals surface area contributed by atoms with Crippen LogP contribution in [-0.2, 0) is 10.0 Å². The lowest BCUT2D eigenvalue weighted by Gasteiger charge is -2.09. The van der Waals surface area contributed by atoms with Gasteiger partial charge in [-0.2, -0.15) is 0 Å². The number of anilines is 1. The van der Waals surface area contributed by atoms with Crippen LogP contribution in [0.5, 0.6) is 0 Å². The van der Waals surface area contributed by atoms with Crippen LogP contribution in [0, 0.1) is 0 Å². The van der Waals surface area contributed by atoms with Crippen molar-refractivity contribution < 1.29 is 8.42 Å². The first-order chi connectivity index (χ1) is 7.44. The summed E-state index contributed by atoms with van der Waals surface area (Å²) in [6, 6.07) is 4.58. The standard InChI is InChI=1S/C9H10Cl3NO2S/c10-4-1-5-16(14,15)13-9-6-7(11)2-3-8(9)12/h2-3,6,13H,1,4-5H2. The number of benzene rings is 1. The van der Waals surface area contributed by atoms with E-state index in [0.29, 0.717) is 22.3 Å². The molecule has 16 heavy (non-hydrogen) atoms. The number of rotatable bonds is 5. The normalized spacial score (nSPS) is 11.4. The minimum atomic E-state index is -3.41. The minimum absolute atomic E-state index is 0.0423. The molecule has 0 aromatic heterocycles. The van der Waals surface area contributed by atoms with Crippen molar-refractivity contribution in [2.45, 2.75) is 6.42 Å². The van der Waals surface area contributed by atoms with Crippen LogP contribution in [0.15, 0.2) is 18.2 Å². The number of hydrogen-bond acceptors (Lipinski definition) is 2. The smallest absolute Gasteiger partial charge is 0.232 e. The number of halogens is 3.